The van der Waals surface area contributed by atoms with Gasteiger partial charge in [0.2, 0.25) is 5.71 Å². The van der Waals surface area contributed by atoms with Crippen LogP contribution < -0.4 is 0 Å². The van der Waals surface area contributed by atoms with E-state index in [0.29, 0.717) is 17.4 Å². The zero-order chi connectivity index (χ0) is 32.6. The molecular weight excluding hydrogens is 601 g/mol. The summed E-state index contributed by atoms with van der Waals surface area (Å²) < 4.78 is 6.28. The molecule has 3 heterocycles. The molecule has 3 aromatic heterocycles. The highest BCUT2D eigenvalue weighted by Gasteiger charge is 2.18. The van der Waals surface area contributed by atoms with E-state index in [-0.39, 0.29) is 0 Å². The molecule has 230 valence electrons. The van der Waals surface area contributed by atoms with Gasteiger partial charge in [-0.05, 0) is 35.4 Å². The molecule has 0 spiro atoms. The molecule has 0 unspecified atom stereocenters. The summed E-state index contributed by atoms with van der Waals surface area (Å²) in [7, 11) is 0. The zero-order valence-electron chi connectivity index (χ0n) is 26.4. The van der Waals surface area contributed by atoms with Crippen molar-refractivity contribution >= 4 is 22.1 Å². The largest absolute Gasteiger partial charge is 0.438 e. The van der Waals surface area contributed by atoms with Gasteiger partial charge >= 0.3 is 0 Å². The van der Waals surface area contributed by atoms with E-state index in [1.165, 1.54) is 0 Å². The number of fused-ring (bicyclic) bond motifs is 3. The summed E-state index contributed by atoms with van der Waals surface area (Å²) in [6.07, 6.45) is 0. The first kappa shape index (κ1) is 28.5. The molecular formula is C44H28N4O. The van der Waals surface area contributed by atoms with Gasteiger partial charge in [-0.3, -0.25) is 0 Å². The van der Waals surface area contributed by atoms with Crippen molar-refractivity contribution in [2.75, 3.05) is 0 Å². The molecule has 0 N–H and O–H groups in total. The van der Waals surface area contributed by atoms with Crippen molar-refractivity contribution in [1.82, 2.24) is 19.9 Å². The van der Waals surface area contributed by atoms with E-state index in [1.807, 2.05) is 84.9 Å². The van der Waals surface area contributed by atoms with Crippen LogP contribution >= 0.6 is 0 Å². The Hall–Kier alpha value is -6.72. The Kier molecular flexibility index (Phi) is 7.06. The Morgan fingerprint density at radius 3 is 1.57 bits per heavy atom. The van der Waals surface area contributed by atoms with Gasteiger partial charge in [-0.15, -0.1) is 0 Å². The third-order valence-electron chi connectivity index (χ3n) is 8.73. The Bertz CT molecular complexity index is 2540. The van der Waals surface area contributed by atoms with E-state index in [4.69, 9.17) is 24.4 Å². The third-order valence-corrected chi connectivity index (χ3v) is 8.73. The topological polar surface area (TPSA) is 64.7 Å². The van der Waals surface area contributed by atoms with Crippen LogP contribution in [-0.4, -0.2) is 19.9 Å². The fourth-order valence-corrected chi connectivity index (χ4v) is 6.32. The maximum atomic E-state index is 6.28. The fraction of sp³-hybridized carbons (Fsp3) is 0. The average Bonchev–Trinajstić information content (AvgIpc) is 3.57. The number of para-hydroxylation sites is 1. The molecule has 9 aromatic rings. The summed E-state index contributed by atoms with van der Waals surface area (Å²) in [5.74, 6) is 1.30. The normalized spacial score (nSPS) is 11.3. The molecule has 0 bridgehead atoms. The minimum atomic E-state index is 0.574. The van der Waals surface area contributed by atoms with Crippen molar-refractivity contribution in [3.05, 3.63) is 170 Å². The maximum absolute atomic E-state index is 6.28. The van der Waals surface area contributed by atoms with Gasteiger partial charge in [-0.1, -0.05) is 146 Å². The minimum Gasteiger partial charge on any atom is -0.438 e. The average molecular weight is 629 g/mol. The van der Waals surface area contributed by atoms with Gasteiger partial charge in [-0.25, -0.2) is 15.0 Å². The highest BCUT2D eigenvalue weighted by Crippen LogP contribution is 2.37. The summed E-state index contributed by atoms with van der Waals surface area (Å²) in [5, 5.41) is 1.92. The molecule has 0 aliphatic carbocycles. The fourth-order valence-electron chi connectivity index (χ4n) is 6.32. The third kappa shape index (κ3) is 5.43. The lowest BCUT2D eigenvalue weighted by molar-refractivity contribution is 0.653. The predicted octanol–water partition coefficient (Wildman–Crippen LogP) is 11.2. The summed E-state index contributed by atoms with van der Waals surface area (Å²) >= 11 is 0. The molecule has 0 aliphatic rings. The van der Waals surface area contributed by atoms with Crippen molar-refractivity contribution in [3.63, 3.8) is 0 Å². The lowest BCUT2D eigenvalue weighted by Crippen LogP contribution is -1.96. The molecule has 0 saturated heterocycles. The highest BCUT2D eigenvalue weighted by molar-refractivity contribution is 6.10. The first-order valence-corrected chi connectivity index (χ1v) is 16.2. The molecule has 0 saturated carbocycles. The van der Waals surface area contributed by atoms with Gasteiger partial charge in [-0.2, -0.15) is 4.98 Å². The summed E-state index contributed by atoms with van der Waals surface area (Å²) in [5.41, 5.74) is 11.0. The molecule has 0 aliphatic heterocycles. The maximum Gasteiger partial charge on any atom is 0.231 e. The van der Waals surface area contributed by atoms with Crippen molar-refractivity contribution in [2.24, 2.45) is 0 Å². The van der Waals surface area contributed by atoms with E-state index in [1.54, 1.807) is 0 Å². The molecule has 0 radical (unpaired) electrons. The second-order valence-corrected chi connectivity index (χ2v) is 11.9. The number of rotatable bonds is 6. The van der Waals surface area contributed by atoms with Crippen LogP contribution in [0.3, 0.4) is 0 Å². The van der Waals surface area contributed by atoms with E-state index in [0.717, 1.165) is 72.4 Å². The molecule has 5 nitrogen and oxygen atoms in total. The molecule has 6 aromatic carbocycles. The molecule has 0 amide bonds. The van der Waals surface area contributed by atoms with Crippen LogP contribution in [-0.2, 0) is 0 Å². The monoisotopic (exact) mass is 628 g/mol. The lowest BCUT2D eigenvalue weighted by Gasteiger charge is -2.11. The van der Waals surface area contributed by atoms with Crippen LogP contribution in [0.5, 0.6) is 0 Å². The van der Waals surface area contributed by atoms with Crippen LogP contribution in [0.4, 0.5) is 0 Å². The van der Waals surface area contributed by atoms with Gasteiger partial charge in [0.25, 0.3) is 0 Å². The second-order valence-electron chi connectivity index (χ2n) is 11.9. The summed E-state index contributed by atoms with van der Waals surface area (Å²) in [6.45, 7) is 0. The summed E-state index contributed by atoms with van der Waals surface area (Å²) in [4.78, 5) is 20.1. The van der Waals surface area contributed by atoms with Crippen LogP contribution in [0.25, 0.3) is 89.7 Å². The second kappa shape index (κ2) is 12.1. The lowest BCUT2D eigenvalue weighted by atomic mass is 9.99. The number of benzene rings is 6. The number of hydrogen-bond acceptors (Lipinski definition) is 5. The Labute approximate surface area is 283 Å². The van der Waals surface area contributed by atoms with E-state index < -0.39 is 0 Å². The Balaban J connectivity index is 1.15. The van der Waals surface area contributed by atoms with Crippen molar-refractivity contribution in [3.8, 4) is 67.7 Å². The van der Waals surface area contributed by atoms with Crippen molar-refractivity contribution < 1.29 is 4.42 Å². The number of aromatic nitrogens is 4. The van der Waals surface area contributed by atoms with Crippen LogP contribution in [0.1, 0.15) is 0 Å². The zero-order valence-corrected chi connectivity index (χ0v) is 26.4. The first-order chi connectivity index (χ1) is 24.3. The van der Waals surface area contributed by atoms with Gasteiger partial charge in [0.15, 0.2) is 11.6 Å². The van der Waals surface area contributed by atoms with Gasteiger partial charge in [0.1, 0.15) is 5.58 Å². The molecule has 49 heavy (non-hydrogen) atoms. The van der Waals surface area contributed by atoms with E-state index in [9.17, 15) is 0 Å². The van der Waals surface area contributed by atoms with Crippen LogP contribution in [0, 0.1) is 0 Å². The molecule has 0 fully saturated rings. The minimum absolute atomic E-state index is 0.574. The van der Waals surface area contributed by atoms with Crippen LogP contribution in [0.2, 0.25) is 0 Å². The van der Waals surface area contributed by atoms with Crippen molar-refractivity contribution in [1.29, 1.82) is 0 Å². The number of hydrogen-bond donors (Lipinski definition) is 0. The standard InChI is InChI=1S/C44H28N4O/c1-4-14-29(15-5-1)37-28-38(46-42(45-37)31-18-8-3-9-19-31)34-22-12-20-32(26-34)33-21-13-23-35(27-33)43-47-41(30-16-6-2-7-17-30)40-36-24-10-11-25-39(36)49-44(40)48-43/h1-28H. The first-order valence-electron chi connectivity index (χ1n) is 16.2. The smallest absolute Gasteiger partial charge is 0.231 e. The predicted molar refractivity (Wildman–Crippen MR) is 198 cm³/mol. The molecule has 0 atom stereocenters. The Morgan fingerprint density at radius 1 is 0.347 bits per heavy atom. The van der Waals surface area contributed by atoms with Gasteiger partial charge < -0.3 is 4.42 Å². The van der Waals surface area contributed by atoms with Gasteiger partial charge in [0, 0.05) is 33.2 Å². The van der Waals surface area contributed by atoms with E-state index >= 15 is 0 Å². The van der Waals surface area contributed by atoms with E-state index in [2.05, 4.69) is 84.9 Å². The van der Waals surface area contributed by atoms with Crippen LogP contribution in [0.15, 0.2) is 174 Å². The quantitative estimate of drug-likeness (QED) is 0.183. The molecule has 5 heteroatoms. The SMILES string of the molecule is c1ccc(-c2cc(-c3cccc(-c4cccc(-c5nc(-c6ccccc6)c6c(n5)oc5ccccc56)c4)c3)nc(-c3ccccc3)n2)cc1. The molecule has 9 rings (SSSR count). The van der Waals surface area contributed by atoms with Gasteiger partial charge in [0.05, 0.1) is 22.5 Å². The summed E-state index contributed by atoms with van der Waals surface area (Å²) in [6, 6.07) is 57.5. The van der Waals surface area contributed by atoms with Crippen molar-refractivity contribution in [2.45, 2.75) is 0 Å². The highest BCUT2D eigenvalue weighted by atomic mass is 16.3. The number of nitrogens with zero attached hydrogens (tertiary/aromatic N) is 4. The Morgan fingerprint density at radius 2 is 0.857 bits per heavy atom. The number of furan rings is 1.